The summed E-state index contributed by atoms with van der Waals surface area (Å²) in [5.41, 5.74) is 3.44. The fourth-order valence-corrected chi connectivity index (χ4v) is 3.83. The predicted octanol–water partition coefficient (Wildman–Crippen LogP) is 3.92. The van der Waals surface area contributed by atoms with Crippen LogP contribution in [0.15, 0.2) is 72.9 Å². The zero-order valence-electron chi connectivity index (χ0n) is 18.3. The molecule has 0 aliphatic carbocycles. The molecule has 1 aliphatic heterocycles. The largest absolute Gasteiger partial charge is 0.355 e. The van der Waals surface area contributed by atoms with Crippen LogP contribution in [0.3, 0.4) is 0 Å². The van der Waals surface area contributed by atoms with Crippen molar-refractivity contribution >= 4 is 23.3 Å². The van der Waals surface area contributed by atoms with Crippen LogP contribution >= 0.6 is 0 Å². The number of anilines is 2. The Labute approximate surface area is 188 Å². The number of benzene rings is 2. The number of carbonyl (C=O) groups is 2. The number of nitrogens with one attached hydrogen (secondary N) is 1. The zero-order chi connectivity index (χ0) is 22.3. The van der Waals surface area contributed by atoms with Crippen molar-refractivity contribution in [2.45, 2.75) is 19.8 Å². The highest BCUT2D eigenvalue weighted by atomic mass is 16.2. The summed E-state index contributed by atoms with van der Waals surface area (Å²) in [7, 11) is 0. The second-order valence-electron chi connectivity index (χ2n) is 8.11. The zero-order valence-corrected chi connectivity index (χ0v) is 18.3. The highest BCUT2D eigenvalue weighted by Gasteiger charge is 2.20. The first kappa shape index (κ1) is 21.6. The minimum Gasteiger partial charge on any atom is -0.355 e. The van der Waals surface area contributed by atoms with Crippen LogP contribution in [0.25, 0.3) is 0 Å². The standard InChI is InChI=1S/C26H28N4O2/c1-20-8-10-22(11-9-20)26(32)28-23-12-13-24(27-19-23)29-14-5-15-30(17-16-29)25(31)18-21-6-3-2-4-7-21/h2-4,6-13,19H,5,14-18H2,1H3,(H,28,32). The van der Waals surface area contributed by atoms with Crippen molar-refractivity contribution in [3.63, 3.8) is 0 Å². The summed E-state index contributed by atoms with van der Waals surface area (Å²) in [6.07, 6.45) is 3.02. The smallest absolute Gasteiger partial charge is 0.255 e. The van der Waals surface area contributed by atoms with E-state index >= 15 is 0 Å². The van der Waals surface area contributed by atoms with Gasteiger partial charge in [0.2, 0.25) is 5.91 Å². The number of hydrogen-bond donors (Lipinski definition) is 1. The highest BCUT2D eigenvalue weighted by Crippen LogP contribution is 2.18. The number of pyridine rings is 1. The monoisotopic (exact) mass is 428 g/mol. The van der Waals surface area contributed by atoms with Crippen LogP contribution in [0.4, 0.5) is 11.5 Å². The Bertz CT molecular complexity index is 1050. The Kier molecular flexibility index (Phi) is 6.80. The van der Waals surface area contributed by atoms with E-state index in [4.69, 9.17) is 0 Å². The van der Waals surface area contributed by atoms with Gasteiger partial charge in [-0.25, -0.2) is 4.98 Å². The van der Waals surface area contributed by atoms with Crippen LogP contribution in [0.2, 0.25) is 0 Å². The lowest BCUT2D eigenvalue weighted by Crippen LogP contribution is -2.36. The maximum atomic E-state index is 12.7. The molecule has 1 N–H and O–H groups in total. The quantitative estimate of drug-likeness (QED) is 0.669. The fraction of sp³-hybridized carbons (Fsp3) is 0.269. The lowest BCUT2D eigenvalue weighted by atomic mass is 10.1. The third kappa shape index (κ3) is 5.52. The van der Waals surface area contributed by atoms with E-state index in [1.165, 1.54) is 0 Å². The van der Waals surface area contributed by atoms with Crippen LogP contribution in [-0.4, -0.2) is 47.9 Å². The van der Waals surface area contributed by atoms with Gasteiger partial charge in [0.1, 0.15) is 5.82 Å². The van der Waals surface area contributed by atoms with Gasteiger partial charge in [-0.15, -0.1) is 0 Å². The summed E-state index contributed by atoms with van der Waals surface area (Å²) in [5, 5.41) is 2.89. The highest BCUT2D eigenvalue weighted by molar-refractivity contribution is 6.04. The topological polar surface area (TPSA) is 65.5 Å². The summed E-state index contributed by atoms with van der Waals surface area (Å²) >= 11 is 0. The molecule has 164 valence electrons. The molecule has 32 heavy (non-hydrogen) atoms. The number of aryl methyl sites for hydroxylation is 1. The summed E-state index contributed by atoms with van der Waals surface area (Å²) in [6.45, 7) is 5.01. The van der Waals surface area contributed by atoms with Gasteiger partial charge in [-0.1, -0.05) is 48.0 Å². The SMILES string of the molecule is Cc1ccc(C(=O)Nc2ccc(N3CCCN(C(=O)Cc4ccccc4)CC3)nc2)cc1. The molecule has 2 heterocycles. The van der Waals surface area contributed by atoms with Crippen molar-refractivity contribution in [2.24, 2.45) is 0 Å². The van der Waals surface area contributed by atoms with Crippen LogP contribution in [-0.2, 0) is 11.2 Å². The molecule has 1 aromatic heterocycles. The Hall–Kier alpha value is -3.67. The molecule has 3 aromatic rings. The Balaban J connectivity index is 1.32. The number of amides is 2. The molecule has 0 saturated carbocycles. The van der Waals surface area contributed by atoms with Crippen LogP contribution < -0.4 is 10.2 Å². The van der Waals surface area contributed by atoms with Crippen LogP contribution in [0.1, 0.15) is 27.9 Å². The molecule has 6 heteroatoms. The third-order valence-corrected chi connectivity index (χ3v) is 5.69. The maximum absolute atomic E-state index is 12.7. The van der Waals surface area contributed by atoms with Crippen LogP contribution in [0, 0.1) is 6.92 Å². The molecular formula is C26H28N4O2. The number of nitrogens with zero attached hydrogens (tertiary/aromatic N) is 3. The van der Waals surface area contributed by atoms with Crippen molar-refractivity contribution in [2.75, 3.05) is 36.4 Å². The Morgan fingerprint density at radius 3 is 2.41 bits per heavy atom. The van der Waals surface area contributed by atoms with E-state index in [0.29, 0.717) is 24.2 Å². The van der Waals surface area contributed by atoms with Gasteiger partial charge in [-0.3, -0.25) is 9.59 Å². The molecule has 0 bridgehead atoms. The second-order valence-corrected chi connectivity index (χ2v) is 8.11. The second kappa shape index (κ2) is 10.1. The summed E-state index contributed by atoms with van der Waals surface area (Å²) in [4.78, 5) is 33.8. The minimum atomic E-state index is -0.151. The van der Waals surface area contributed by atoms with E-state index in [0.717, 1.165) is 43.0 Å². The van der Waals surface area contributed by atoms with E-state index in [2.05, 4.69) is 15.2 Å². The van der Waals surface area contributed by atoms with Crippen molar-refractivity contribution in [1.29, 1.82) is 0 Å². The summed E-state index contributed by atoms with van der Waals surface area (Å²) < 4.78 is 0. The van der Waals surface area contributed by atoms with Crippen molar-refractivity contribution in [1.82, 2.24) is 9.88 Å². The number of hydrogen-bond acceptors (Lipinski definition) is 4. The van der Waals surface area contributed by atoms with E-state index in [1.807, 2.05) is 78.6 Å². The molecule has 0 radical (unpaired) electrons. The number of aromatic nitrogens is 1. The molecule has 2 aromatic carbocycles. The van der Waals surface area contributed by atoms with Gasteiger partial charge >= 0.3 is 0 Å². The third-order valence-electron chi connectivity index (χ3n) is 5.69. The van der Waals surface area contributed by atoms with Gasteiger partial charge in [0.15, 0.2) is 0 Å². The lowest BCUT2D eigenvalue weighted by molar-refractivity contribution is -0.130. The molecule has 0 atom stereocenters. The number of rotatable bonds is 5. The first-order valence-electron chi connectivity index (χ1n) is 11.0. The Morgan fingerprint density at radius 2 is 1.69 bits per heavy atom. The lowest BCUT2D eigenvalue weighted by Gasteiger charge is -2.23. The van der Waals surface area contributed by atoms with E-state index in [-0.39, 0.29) is 11.8 Å². The van der Waals surface area contributed by atoms with Crippen molar-refractivity contribution in [3.8, 4) is 0 Å². The number of carbonyl (C=O) groups excluding carboxylic acids is 2. The van der Waals surface area contributed by atoms with E-state index < -0.39 is 0 Å². The van der Waals surface area contributed by atoms with Gasteiger partial charge in [0.25, 0.3) is 5.91 Å². The molecule has 1 aliphatic rings. The Morgan fingerprint density at radius 1 is 0.906 bits per heavy atom. The van der Waals surface area contributed by atoms with Crippen molar-refractivity contribution < 1.29 is 9.59 Å². The maximum Gasteiger partial charge on any atom is 0.255 e. The van der Waals surface area contributed by atoms with Gasteiger partial charge in [-0.05, 0) is 43.2 Å². The van der Waals surface area contributed by atoms with Gasteiger partial charge in [0, 0.05) is 31.7 Å². The van der Waals surface area contributed by atoms with Crippen molar-refractivity contribution in [3.05, 3.63) is 89.6 Å². The van der Waals surface area contributed by atoms with Gasteiger partial charge in [0.05, 0.1) is 18.3 Å². The predicted molar refractivity (Wildman–Crippen MR) is 127 cm³/mol. The van der Waals surface area contributed by atoms with E-state index in [9.17, 15) is 9.59 Å². The first-order valence-corrected chi connectivity index (χ1v) is 11.0. The molecule has 0 spiro atoms. The normalized spacial score (nSPS) is 14.0. The summed E-state index contributed by atoms with van der Waals surface area (Å²) in [6, 6.07) is 21.1. The molecule has 0 unspecified atom stereocenters. The average molecular weight is 429 g/mol. The molecule has 1 fully saturated rings. The van der Waals surface area contributed by atoms with Gasteiger partial charge < -0.3 is 15.1 Å². The molecular weight excluding hydrogens is 400 g/mol. The summed E-state index contributed by atoms with van der Waals surface area (Å²) in [5.74, 6) is 0.873. The molecule has 4 rings (SSSR count). The molecule has 1 saturated heterocycles. The fourth-order valence-electron chi connectivity index (χ4n) is 3.83. The minimum absolute atomic E-state index is 0.151. The van der Waals surface area contributed by atoms with Crippen LogP contribution in [0.5, 0.6) is 0 Å². The van der Waals surface area contributed by atoms with E-state index in [1.54, 1.807) is 6.20 Å². The molecule has 2 amide bonds. The first-order chi connectivity index (χ1) is 15.6. The van der Waals surface area contributed by atoms with Gasteiger partial charge in [-0.2, -0.15) is 0 Å². The molecule has 6 nitrogen and oxygen atoms in total. The average Bonchev–Trinajstić information content (AvgIpc) is 3.07.